The molecule has 4 heteroatoms. The van der Waals surface area contributed by atoms with Crippen LogP contribution in [0, 0.1) is 5.82 Å². The van der Waals surface area contributed by atoms with Gasteiger partial charge in [-0.15, -0.1) is 12.6 Å². The molecule has 0 spiro atoms. The summed E-state index contributed by atoms with van der Waals surface area (Å²) in [6.07, 6.45) is 0. The summed E-state index contributed by atoms with van der Waals surface area (Å²) in [6, 6.07) is 4.70. The van der Waals surface area contributed by atoms with Crippen molar-refractivity contribution >= 4 is 30.1 Å². The van der Waals surface area contributed by atoms with E-state index in [0.29, 0.717) is 0 Å². The maximum Gasteiger partial charge on any atom is 0.125 e. The zero-order valence-electron chi connectivity index (χ0n) is 5.54. The molecule has 0 amide bonds. The molecular formula is C7H6FNS2. The van der Waals surface area contributed by atoms with Crippen LogP contribution in [-0.4, -0.2) is 4.71 Å². The van der Waals surface area contributed by atoms with Crippen LogP contribution in [0.2, 0.25) is 0 Å². The topological polar surface area (TPSA) is 12.0 Å². The van der Waals surface area contributed by atoms with Crippen molar-refractivity contribution in [1.29, 1.82) is 0 Å². The predicted molar refractivity (Wildman–Crippen MR) is 48.7 cm³/mol. The first-order valence-electron chi connectivity index (χ1n) is 3.16. The van der Waals surface area contributed by atoms with E-state index in [0.717, 1.165) is 10.6 Å². The van der Waals surface area contributed by atoms with Crippen LogP contribution in [0.25, 0.3) is 0 Å². The van der Waals surface area contributed by atoms with Gasteiger partial charge in [-0.25, -0.2) is 4.39 Å². The highest BCUT2D eigenvalue weighted by molar-refractivity contribution is 8.10. The Kier molecular flexibility index (Phi) is 1.73. The molecule has 0 fully saturated rings. The van der Waals surface area contributed by atoms with Gasteiger partial charge in [0.1, 0.15) is 10.5 Å². The highest BCUT2D eigenvalue weighted by Gasteiger charge is 2.17. The minimum Gasteiger partial charge on any atom is -0.364 e. The van der Waals surface area contributed by atoms with Gasteiger partial charge in [-0.2, -0.15) is 0 Å². The average molecular weight is 187 g/mol. The molecule has 0 aliphatic carbocycles. The molecule has 58 valence electrons. The van der Waals surface area contributed by atoms with Gasteiger partial charge in [-0.3, -0.25) is 0 Å². The second kappa shape index (κ2) is 2.60. The zero-order valence-corrected chi connectivity index (χ0v) is 7.25. The molecule has 0 aromatic heterocycles. The van der Waals surface area contributed by atoms with E-state index in [1.165, 1.54) is 12.1 Å². The molecule has 1 unspecified atom stereocenters. The van der Waals surface area contributed by atoms with Crippen LogP contribution in [0.15, 0.2) is 23.1 Å². The van der Waals surface area contributed by atoms with Crippen LogP contribution < -0.4 is 5.32 Å². The van der Waals surface area contributed by atoms with E-state index in [-0.39, 0.29) is 10.5 Å². The summed E-state index contributed by atoms with van der Waals surface area (Å²) in [6.45, 7) is 0. The van der Waals surface area contributed by atoms with Crippen LogP contribution in [0.3, 0.4) is 0 Å². The monoisotopic (exact) mass is 187 g/mol. The molecule has 0 saturated heterocycles. The SMILES string of the molecule is Fc1ccc2c(c1)NC(S)S2. The first-order chi connectivity index (χ1) is 5.25. The summed E-state index contributed by atoms with van der Waals surface area (Å²) < 4.78 is 12.7. The molecule has 1 atom stereocenters. The minimum absolute atomic E-state index is 0.0619. The van der Waals surface area contributed by atoms with Crippen molar-refractivity contribution in [3.63, 3.8) is 0 Å². The van der Waals surface area contributed by atoms with Crippen LogP contribution in [0.5, 0.6) is 0 Å². The molecule has 0 bridgehead atoms. The number of hydrogen-bond acceptors (Lipinski definition) is 3. The number of halogens is 1. The van der Waals surface area contributed by atoms with Gasteiger partial charge < -0.3 is 5.32 Å². The van der Waals surface area contributed by atoms with Crippen LogP contribution in [0.1, 0.15) is 0 Å². The first-order valence-corrected chi connectivity index (χ1v) is 4.56. The van der Waals surface area contributed by atoms with Crippen molar-refractivity contribution < 1.29 is 4.39 Å². The summed E-state index contributed by atoms with van der Waals surface area (Å²) in [5.74, 6) is -0.209. The molecule has 1 aliphatic heterocycles. The van der Waals surface area contributed by atoms with Gasteiger partial charge in [0, 0.05) is 4.90 Å². The Morgan fingerprint density at radius 3 is 3.18 bits per heavy atom. The highest BCUT2D eigenvalue weighted by atomic mass is 32.2. The van der Waals surface area contributed by atoms with Crippen LogP contribution in [-0.2, 0) is 0 Å². The van der Waals surface area contributed by atoms with Crippen molar-refractivity contribution in [3.8, 4) is 0 Å². The number of fused-ring (bicyclic) bond motifs is 1. The Bertz CT molecular complexity index is 290. The van der Waals surface area contributed by atoms with Gasteiger partial charge in [0.05, 0.1) is 5.69 Å². The molecule has 1 aromatic carbocycles. The third-order valence-corrected chi connectivity index (χ3v) is 2.86. The van der Waals surface area contributed by atoms with E-state index < -0.39 is 0 Å². The van der Waals surface area contributed by atoms with Crippen molar-refractivity contribution in [3.05, 3.63) is 24.0 Å². The normalized spacial score (nSPS) is 21.1. The maximum absolute atomic E-state index is 12.6. The molecule has 1 aromatic rings. The van der Waals surface area contributed by atoms with Crippen LogP contribution in [0.4, 0.5) is 10.1 Å². The van der Waals surface area contributed by atoms with E-state index in [9.17, 15) is 4.39 Å². The largest absolute Gasteiger partial charge is 0.364 e. The Hall–Kier alpha value is -0.350. The van der Waals surface area contributed by atoms with Gasteiger partial charge in [0.25, 0.3) is 0 Å². The van der Waals surface area contributed by atoms with E-state index in [4.69, 9.17) is 0 Å². The zero-order chi connectivity index (χ0) is 7.84. The summed E-state index contributed by atoms with van der Waals surface area (Å²) in [5, 5.41) is 3.03. The lowest BCUT2D eigenvalue weighted by molar-refractivity contribution is 0.627. The number of hydrogen-bond donors (Lipinski definition) is 2. The van der Waals surface area contributed by atoms with E-state index in [1.54, 1.807) is 17.8 Å². The molecule has 11 heavy (non-hydrogen) atoms. The molecule has 1 aliphatic rings. The summed E-state index contributed by atoms with van der Waals surface area (Å²) in [5.41, 5.74) is 0.843. The molecule has 1 nitrogen and oxygen atoms in total. The van der Waals surface area contributed by atoms with E-state index in [1.807, 2.05) is 0 Å². The third-order valence-electron chi connectivity index (χ3n) is 1.46. The fourth-order valence-corrected chi connectivity index (χ4v) is 2.30. The Morgan fingerprint density at radius 1 is 1.55 bits per heavy atom. The number of nitrogens with one attached hydrogen (secondary N) is 1. The van der Waals surface area contributed by atoms with Crippen LogP contribution >= 0.6 is 24.4 Å². The van der Waals surface area contributed by atoms with Crippen molar-refractivity contribution in [2.24, 2.45) is 0 Å². The maximum atomic E-state index is 12.6. The fraction of sp³-hybridized carbons (Fsp3) is 0.143. The van der Waals surface area contributed by atoms with Gasteiger partial charge in [0.2, 0.25) is 0 Å². The standard InChI is InChI=1S/C7H6FNS2/c8-4-1-2-6-5(3-4)9-7(10)11-6/h1-3,7,9-10H. The van der Waals surface area contributed by atoms with Gasteiger partial charge in [-0.05, 0) is 18.2 Å². The predicted octanol–water partition coefficient (Wildman–Crippen LogP) is 2.56. The molecular weight excluding hydrogens is 181 g/mol. The quantitative estimate of drug-likeness (QED) is 0.605. The first kappa shape index (κ1) is 7.31. The molecule has 0 saturated carbocycles. The lowest BCUT2D eigenvalue weighted by Crippen LogP contribution is -1.99. The second-order valence-electron chi connectivity index (χ2n) is 2.26. The molecule has 2 rings (SSSR count). The third kappa shape index (κ3) is 1.32. The van der Waals surface area contributed by atoms with E-state index >= 15 is 0 Å². The van der Waals surface area contributed by atoms with Gasteiger partial charge >= 0.3 is 0 Å². The lowest BCUT2D eigenvalue weighted by atomic mass is 10.3. The number of rotatable bonds is 0. The highest BCUT2D eigenvalue weighted by Crippen LogP contribution is 2.39. The average Bonchev–Trinajstić information content (AvgIpc) is 2.27. The Morgan fingerprint density at radius 2 is 2.36 bits per heavy atom. The minimum atomic E-state index is -0.209. The molecule has 0 radical (unpaired) electrons. The Labute approximate surface area is 73.8 Å². The summed E-state index contributed by atoms with van der Waals surface area (Å²) >= 11 is 5.79. The van der Waals surface area contributed by atoms with Crippen molar-refractivity contribution in [2.75, 3.05) is 5.32 Å². The number of benzene rings is 1. The van der Waals surface area contributed by atoms with E-state index in [2.05, 4.69) is 17.9 Å². The fourth-order valence-electron chi connectivity index (χ4n) is 1.00. The molecule has 1 N–H and O–H groups in total. The smallest absolute Gasteiger partial charge is 0.125 e. The molecule has 1 heterocycles. The second-order valence-corrected chi connectivity index (χ2v) is 4.27. The Balaban J connectivity index is 2.43. The summed E-state index contributed by atoms with van der Waals surface area (Å²) in [7, 11) is 0. The van der Waals surface area contributed by atoms with Crippen molar-refractivity contribution in [1.82, 2.24) is 0 Å². The van der Waals surface area contributed by atoms with Gasteiger partial charge in [-0.1, -0.05) is 11.8 Å². The number of anilines is 1. The number of thiol groups is 1. The lowest BCUT2D eigenvalue weighted by Gasteiger charge is -1.98. The van der Waals surface area contributed by atoms with Crippen molar-refractivity contribution in [2.45, 2.75) is 9.60 Å². The number of thioether (sulfide) groups is 1. The van der Waals surface area contributed by atoms with Gasteiger partial charge in [0.15, 0.2) is 0 Å². The summed E-state index contributed by atoms with van der Waals surface area (Å²) in [4.78, 5) is 1.06.